The molecule has 2 aromatic carbocycles. The Bertz CT molecular complexity index is 893. The lowest BCUT2D eigenvalue weighted by Crippen LogP contribution is -2.47. The number of carbonyl (C=O) groups is 3. The van der Waals surface area contributed by atoms with Crippen molar-refractivity contribution < 1.29 is 14.4 Å². The van der Waals surface area contributed by atoms with Gasteiger partial charge in [-0.05, 0) is 31.0 Å². The first kappa shape index (κ1) is 20.9. The molecule has 29 heavy (non-hydrogen) atoms. The number of halogens is 1. The van der Waals surface area contributed by atoms with Crippen molar-refractivity contribution in [3.8, 4) is 0 Å². The maximum Gasteiger partial charge on any atom is 0.239 e. The van der Waals surface area contributed by atoms with Gasteiger partial charge in [-0.1, -0.05) is 41.9 Å². The van der Waals surface area contributed by atoms with Crippen molar-refractivity contribution in [1.29, 1.82) is 0 Å². The van der Waals surface area contributed by atoms with E-state index in [1.54, 1.807) is 54.3 Å². The number of nitrogens with zero attached hydrogens (tertiary/aromatic N) is 1. The number of nitrogens with one attached hydrogen (secondary N) is 2. The quantitative estimate of drug-likeness (QED) is 0.713. The van der Waals surface area contributed by atoms with Crippen molar-refractivity contribution in [2.45, 2.75) is 25.8 Å². The average Bonchev–Trinajstić information content (AvgIpc) is 2.73. The van der Waals surface area contributed by atoms with Crippen molar-refractivity contribution in [1.82, 2.24) is 10.2 Å². The Labute approximate surface area is 175 Å². The summed E-state index contributed by atoms with van der Waals surface area (Å²) in [5.74, 6) is -0.248. The molecular formula is C22H24ClN3O3. The number of amides is 2. The van der Waals surface area contributed by atoms with Crippen LogP contribution < -0.4 is 10.6 Å². The number of ketones is 1. The SMILES string of the molecule is CC(=O)N1CCC(NC(=O)CNc2ccc(Cl)cc2C(=O)c2ccccc2)CC1. The highest BCUT2D eigenvalue weighted by molar-refractivity contribution is 6.31. The number of piperidine rings is 1. The van der Waals surface area contributed by atoms with E-state index >= 15 is 0 Å². The minimum atomic E-state index is -0.160. The maximum atomic E-state index is 12.8. The molecule has 2 N–H and O–H groups in total. The summed E-state index contributed by atoms with van der Waals surface area (Å²) in [4.78, 5) is 38.4. The third kappa shape index (κ3) is 5.57. The summed E-state index contributed by atoms with van der Waals surface area (Å²) in [6.07, 6.45) is 1.48. The fourth-order valence-corrected chi connectivity index (χ4v) is 3.57. The largest absolute Gasteiger partial charge is 0.376 e. The molecule has 0 spiro atoms. The second-order valence-electron chi connectivity index (χ2n) is 7.09. The zero-order valence-electron chi connectivity index (χ0n) is 16.3. The van der Waals surface area contributed by atoms with Crippen LogP contribution in [0.4, 0.5) is 5.69 Å². The van der Waals surface area contributed by atoms with E-state index in [1.807, 2.05) is 6.07 Å². The first-order valence-electron chi connectivity index (χ1n) is 9.62. The predicted molar refractivity (Wildman–Crippen MR) is 113 cm³/mol. The Kier molecular flexibility index (Phi) is 6.88. The van der Waals surface area contributed by atoms with E-state index in [0.717, 1.165) is 12.8 Å². The molecule has 1 saturated heterocycles. The van der Waals surface area contributed by atoms with E-state index in [9.17, 15) is 14.4 Å². The van der Waals surface area contributed by atoms with Gasteiger partial charge in [0, 0.05) is 47.9 Å². The van der Waals surface area contributed by atoms with Gasteiger partial charge in [0.2, 0.25) is 11.8 Å². The molecule has 0 saturated carbocycles. The lowest BCUT2D eigenvalue weighted by atomic mass is 10.0. The molecule has 1 fully saturated rings. The zero-order chi connectivity index (χ0) is 20.8. The molecule has 6 nitrogen and oxygen atoms in total. The van der Waals surface area contributed by atoms with Crippen LogP contribution in [-0.4, -0.2) is 48.2 Å². The fraction of sp³-hybridized carbons (Fsp3) is 0.318. The van der Waals surface area contributed by atoms with E-state index in [1.165, 1.54) is 0 Å². The van der Waals surface area contributed by atoms with E-state index in [4.69, 9.17) is 11.6 Å². The molecule has 1 heterocycles. The van der Waals surface area contributed by atoms with Crippen molar-refractivity contribution >= 4 is 34.9 Å². The summed E-state index contributed by atoms with van der Waals surface area (Å²) in [6, 6.07) is 14.0. The number of hydrogen-bond acceptors (Lipinski definition) is 4. The van der Waals surface area contributed by atoms with Crippen molar-refractivity contribution in [2.24, 2.45) is 0 Å². The van der Waals surface area contributed by atoms with Crippen molar-refractivity contribution in [3.05, 3.63) is 64.7 Å². The Balaban J connectivity index is 1.60. The minimum absolute atomic E-state index is 0.0453. The molecule has 3 rings (SSSR count). The van der Waals surface area contributed by atoms with Gasteiger partial charge < -0.3 is 15.5 Å². The summed E-state index contributed by atoms with van der Waals surface area (Å²) in [6.45, 7) is 2.91. The topological polar surface area (TPSA) is 78.5 Å². The molecule has 0 radical (unpaired) electrons. The summed E-state index contributed by atoms with van der Waals surface area (Å²) in [7, 11) is 0. The Morgan fingerprint density at radius 3 is 2.41 bits per heavy atom. The molecular weight excluding hydrogens is 390 g/mol. The smallest absolute Gasteiger partial charge is 0.239 e. The van der Waals surface area contributed by atoms with Gasteiger partial charge in [0.25, 0.3) is 0 Å². The van der Waals surface area contributed by atoms with Crippen LogP contribution in [0.2, 0.25) is 5.02 Å². The van der Waals surface area contributed by atoms with Gasteiger partial charge in [-0.2, -0.15) is 0 Å². The summed E-state index contributed by atoms with van der Waals surface area (Å²) < 4.78 is 0. The molecule has 0 bridgehead atoms. The minimum Gasteiger partial charge on any atom is -0.376 e. The highest BCUT2D eigenvalue weighted by Gasteiger charge is 2.22. The van der Waals surface area contributed by atoms with Crippen LogP contribution in [0.25, 0.3) is 0 Å². The summed E-state index contributed by atoms with van der Waals surface area (Å²) in [5.41, 5.74) is 1.54. The second-order valence-corrected chi connectivity index (χ2v) is 7.52. The van der Waals surface area contributed by atoms with Gasteiger partial charge in [-0.25, -0.2) is 0 Å². The fourth-order valence-electron chi connectivity index (χ4n) is 3.40. The van der Waals surface area contributed by atoms with Crippen LogP contribution in [-0.2, 0) is 9.59 Å². The lowest BCUT2D eigenvalue weighted by Gasteiger charge is -2.31. The van der Waals surface area contributed by atoms with Crippen LogP contribution in [0.1, 0.15) is 35.7 Å². The van der Waals surface area contributed by atoms with Gasteiger partial charge in [-0.15, -0.1) is 0 Å². The molecule has 7 heteroatoms. The number of likely N-dealkylation sites (tertiary alicyclic amines) is 1. The van der Waals surface area contributed by atoms with Crippen LogP contribution in [0.5, 0.6) is 0 Å². The standard InChI is InChI=1S/C22H24ClN3O3/c1-15(27)26-11-9-18(10-12-26)25-21(28)14-24-20-8-7-17(23)13-19(20)22(29)16-5-3-2-4-6-16/h2-8,13,18,24H,9-12,14H2,1H3,(H,25,28). The van der Waals surface area contributed by atoms with Gasteiger partial charge in [0.1, 0.15) is 0 Å². The molecule has 0 aliphatic carbocycles. The van der Waals surface area contributed by atoms with Gasteiger partial charge in [-0.3, -0.25) is 14.4 Å². The first-order chi connectivity index (χ1) is 13.9. The number of benzene rings is 2. The Hall–Kier alpha value is -2.86. The molecule has 0 unspecified atom stereocenters. The van der Waals surface area contributed by atoms with Crippen LogP contribution in [0, 0.1) is 0 Å². The molecule has 152 valence electrons. The maximum absolute atomic E-state index is 12.8. The Morgan fingerprint density at radius 2 is 1.76 bits per heavy atom. The molecule has 2 aromatic rings. The van der Waals surface area contributed by atoms with Gasteiger partial charge in [0.05, 0.1) is 6.54 Å². The second kappa shape index (κ2) is 9.56. The van der Waals surface area contributed by atoms with Crippen molar-refractivity contribution in [3.63, 3.8) is 0 Å². The Morgan fingerprint density at radius 1 is 1.07 bits per heavy atom. The van der Waals surface area contributed by atoms with Crippen LogP contribution in [0.15, 0.2) is 48.5 Å². The third-order valence-electron chi connectivity index (χ3n) is 5.01. The van der Waals surface area contributed by atoms with Crippen molar-refractivity contribution in [2.75, 3.05) is 25.0 Å². The number of carbonyl (C=O) groups excluding carboxylic acids is 3. The highest BCUT2D eigenvalue weighted by atomic mass is 35.5. The van der Waals surface area contributed by atoms with Crippen LogP contribution >= 0.6 is 11.6 Å². The summed E-state index contributed by atoms with van der Waals surface area (Å²) in [5, 5.41) is 6.50. The van der Waals surface area contributed by atoms with Crippen LogP contribution in [0.3, 0.4) is 0 Å². The predicted octanol–water partition coefficient (Wildman–Crippen LogP) is 3.11. The van der Waals surface area contributed by atoms with E-state index in [0.29, 0.717) is 34.9 Å². The third-order valence-corrected chi connectivity index (χ3v) is 5.24. The van der Waals surface area contributed by atoms with E-state index in [2.05, 4.69) is 10.6 Å². The number of hydrogen-bond donors (Lipinski definition) is 2. The van der Waals surface area contributed by atoms with Gasteiger partial charge >= 0.3 is 0 Å². The summed E-state index contributed by atoms with van der Waals surface area (Å²) >= 11 is 6.09. The normalized spacial score (nSPS) is 14.3. The lowest BCUT2D eigenvalue weighted by molar-refractivity contribution is -0.130. The highest BCUT2D eigenvalue weighted by Crippen LogP contribution is 2.23. The average molecular weight is 414 g/mol. The number of anilines is 1. The first-order valence-corrected chi connectivity index (χ1v) is 10.00. The van der Waals surface area contributed by atoms with E-state index < -0.39 is 0 Å². The molecule has 0 aromatic heterocycles. The molecule has 1 aliphatic rings. The molecule has 1 aliphatic heterocycles. The van der Waals surface area contributed by atoms with E-state index in [-0.39, 0.29) is 30.2 Å². The number of rotatable bonds is 6. The molecule has 0 atom stereocenters. The van der Waals surface area contributed by atoms with Gasteiger partial charge in [0.15, 0.2) is 5.78 Å². The zero-order valence-corrected chi connectivity index (χ0v) is 17.0. The molecule has 2 amide bonds. The monoisotopic (exact) mass is 413 g/mol.